The van der Waals surface area contributed by atoms with Gasteiger partial charge in [-0.05, 0) is 38.3 Å². The van der Waals surface area contributed by atoms with E-state index in [9.17, 15) is 9.59 Å². The fourth-order valence-corrected chi connectivity index (χ4v) is 4.57. The van der Waals surface area contributed by atoms with Crippen LogP contribution in [0.3, 0.4) is 0 Å². The van der Waals surface area contributed by atoms with E-state index in [2.05, 4.69) is 29.4 Å². The number of rotatable bonds is 9. The number of hydrogen-bond acceptors (Lipinski definition) is 4. The van der Waals surface area contributed by atoms with Crippen LogP contribution in [-0.4, -0.2) is 21.2 Å². The lowest BCUT2D eigenvalue weighted by Gasteiger charge is -2.14. The van der Waals surface area contributed by atoms with Gasteiger partial charge in [0.25, 0.3) is 5.56 Å². The van der Waals surface area contributed by atoms with E-state index in [1.165, 1.54) is 17.3 Å². The Labute approximate surface area is 194 Å². The van der Waals surface area contributed by atoms with Crippen LogP contribution in [0.5, 0.6) is 0 Å². The molecule has 0 saturated heterocycles. The smallest absolute Gasteiger partial charge is 0.257 e. The summed E-state index contributed by atoms with van der Waals surface area (Å²) in [5.41, 5.74) is 4.89. The first-order valence-electron chi connectivity index (χ1n) is 10.9. The summed E-state index contributed by atoms with van der Waals surface area (Å²) in [5.74, 6) is 0.762. The molecule has 1 atom stereocenters. The highest BCUT2D eigenvalue weighted by Gasteiger charge is 2.14. The van der Waals surface area contributed by atoms with Crippen molar-refractivity contribution in [2.45, 2.75) is 51.2 Å². The molecule has 32 heavy (non-hydrogen) atoms. The summed E-state index contributed by atoms with van der Waals surface area (Å²) in [6, 6.07) is 18.1. The van der Waals surface area contributed by atoms with Gasteiger partial charge in [0.15, 0.2) is 5.16 Å². The Bertz CT molecular complexity index is 1130. The first-order valence-corrected chi connectivity index (χ1v) is 11.9. The van der Waals surface area contributed by atoms with Crippen LogP contribution in [0.4, 0.5) is 0 Å². The van der Waals surface area contributed by atoms with Gasteiger partial charge in [-0.2, -0.15) is 0 Å². The molecule has 1 unspecified atom stereocenters. The van der Waals surface area contributed by atoms with Crippen molar-refractivity contribution in [3.63, 3.8) is 0 Å². The Morgan fingerprint density at radius 3 is 2.59 bits per heavy atom. The van der Waals surface area contributed by atoms with Crippen LogP contribution in [0.15, 0.2) is 64.5 Å². The second-order valence-electron chi connectivity index (χ2n) is 8.14. The molecule has 0 saturated carbocycles. The molecule has 0 aliphatic carbocycles. The van der Waals surface area contributed by atoms with E-state index in [1.54, 1.807) is 11.6 Å². The number of benzene rings is 2. The second-order valence-corrected chi connectivity index (χ2v) is 9.20. The van der Waals surface area contributed by atoms with Crippen molar-refractivity contribution in [2.75, 3.05) is 5.75 Å². The van der Waals surface area contributed by atoms with E-state index in [4.69, 9.17) is 0 Å². The number of nitrogens with zero attached hydrogens (tertiary/aromatic N) is 2. The van der Waals surface area contributed by atoms with Gasteiger partial charge < -0.3 is 5.32 Å². The van der Waals surface area contributed by atoms with Gasteiger partial charge in [0, 0.05) is 36.9 Å². The number of carbonyl (C=O) groups is 1. The quantitative estimate of drug-likeness (QED) is 0.291. The summed E-state index contributed by atoms with van der Waals surface area (Å²) in [5, 5.41) is 3.73. The van der Waals surface area contributed by atoms with Crippen molar-refractivity contribution in [3.05, 3.63) is 92.9 Å². The fraction of sp³-hybridized carbons (Fsp3) is 0.346. The Kier molecular flexibility index (Phi) is 8.28. The van der Waals surface area contributed by atoms with Crippen LogP contribution in [0.25, 0.3) is 0 Å². The Hall–Kier alpha value is -2.86. The molecule has 0 aliphatic heterocycles. The number of amides is 1. The first kappa shape index (κ1) is 23.8. The lowest BCUT2D eigenvalue weighted by molar-refractivity contribution is -0.121. The molecular weight excluding hydrogens is 418 g/mol. The summed E-state index contributed by atoms with van der Waals surface area (Å²) in [6.45, 7) is 5.94. The third-order valence-corrected chi connectivity index (χ3v) is 6.59. The molecule has 1 N–H and O–H groups in total. The van der Waals surface area contributed by atoms with Crippen LogP contribution < -0.4 is 10.9 Å². The van der Waals surface area contributed by atoms with Gasteiger partial charge in [0.05, 0.1) is 6.04 Å². The molecule has 0 bridgehead atoms. The van der Waals surface area contributed by atoms with Crippen molar-refractivity contribution in [3.8, 4) is 0 Å². The summed E-state index contributed by atoms with van der Waals surface area (Å²) in [7, 11) is 1.77. The maximum atomic E-state index is 12.9. The van der Waals surface area contributed by atoms with Crippen LogP contribution in [0, 0.1) is 13.8 Å². The summed E-state index contributed by atoms with van der Waals surface area (Å²) >= 11 is 1.52. The average molecular weight is 450 g/mol. The van der Waals surface area contributed by atoms with Crippen LogP contribution in [0.2, 0.25) is 0 Å². The number of aryl methyl sites for hydroxylation is 2. The minimum atomic E-state index is -0.0116. The van der Waals surface area contributed by atoms with Crippen LogP contribution in [0.1, 0.15) is 53.8 Å². The maximum absolute atomic E-state index is 12.9. The molecule has 1 amide bonds. The van der Waals surface area contributed by atoms with Crippen LogP contribution >= 0.6 is 11.8 Å². The van der Waals surface area contributed by atoms with Gasteiger partial charge in [0.2, 0.25) is 5.91 Å². The molecule has 0 aliphatic rings. The molecule has 0 radical (unpaired) electrons. The standard InChI is InChI=1S/C26H31N3O2S/c1-18-10-8-11-21(16-18)17-23-20(3)28-26(29(4)25(23)31)32-15-9-14-24(30)27-19(2)22-12-6-5-7-13-22/h5-8,10-13,16,19H,9,14-15,17H2,1-4H3,(H,27,30). The number of nitrogens with one attached hydrogen (secondary N) is 1. The molecule has 1 heterocycles. The molecule has 5 nitrogen and oxygen atoms in total. The van der Waals surface area contributed by atoms with E-state index in [-0.39, 0.29) is 17.5 Å². The van der Waals surface area contributed by atoms with Gasteiger partial charge in [-0.15, -0.1) is 0 Å². The van der Waals surface area contributed by atoms with Gasteiger partial charge in [-0.1, -0.05) is 71.9 Å². The van der Waals surface area contributed by atoms with Gasteiger partial charge in [0.1, 0.15) is 0 Å². The molecule has 0 fully saturated rings. The van der Waals surface area contributed by atoms with Gasteiger partial charge in [-0.25, -0.2) is 4.98 Å². The summed E-state index contributed by atoms with van der Waals surface area (Å²) in [4.78, 5) is 29.9. The van der Waals surface area contributed by atoms with E-state index in [0.717, 1.165) is 34.6 Å². The number of aromatic nitrogens is 2. The highest BCUT2D eigenvalue weighted by molar-refractivity contribution is 7.99. The minimum Gasteiger partial charge on any atom is -0.350 e. The Balaban J connectivity index is 1.54. The Morgan fingerprint density at radius 1 is 1.12 bits per heavy atom. The second kappa shape index (κ2) is 11.1. The molecule has 1 aromatic heterocycles. The third-order valence-electron chi connectivity index (χ3n) is 5.47. The molecular formula is C26H31N3O2S. The number of thioether (sulfide) groups is 1. The zero-order chi connectivity index (χ0) is 23.1. The van der Waals surface area contributed by atoms with E-state index in [1.807, 2.05) is 56.3 Å². The fourth-order valence-electron chi connectivity index (χ4n) is 3.62. The van der Waals surface area contributed by atoms with Gasteiger partial charge >= 0.3 is 0 Å². The normalized spacial score (nSPS) is 11.9. The third kappa shape index (κ3) is 6.33. The lowest BCUT2D eigenvalue weighted by atomic mass is 10.0. The number of hydrogen-bond donors (Lipinski definition) is 1. The molecule has 3 rings (SSSR count). The largest absolute Gasteiger partial charge is 0.350 e. The van der Waals surface area contributed by atoms with E-state index < -0.39 is 0 Å². The first-order chi connectivity index (χ1) is 15.3. The highest BCUT2D eigenvalue weighted by Crippen LogP contribution is 2.19. The zero-order valence-corrected chi connectivity index (χ0v) is 20.0. The van der Waals surface area contributed by atoms with Crippen molar-refractivity contribution >= 4 is 17.7 Å². The molecule has 0 spiro atoms. The summed E-state index contributed by atoms with van der Waals surface area (Å²) < 4.78 is 1.63. The zero-order valence-electron chi connectivity index (χ0n) is 19.2. The molecule has 3 aromatic rings. The van der Waals surface area contributed by atoms with E-state index >= 15 is 0 Å². The van der Waals surface area contributed by atoms with E-state index in [0.29, 0.717) is 18.0 Å². The lowest BCUT2D eigenvalue weighted by Crippen LogP contribution is -2.26. The maximum Gasteiger partial charge on any atom is 0.257 e. The van der Waals surface area contributed by atoms with Crippen molar-refractivity contribution in [1.82, 2.24) is 14.9 Å². The van der Waals surface area contributed by atoms with Gasteiger partial charge in [-0.3, -0.25) is 14.2 Å². The number of carbonyl (C=O) groups excluding carboxylic acids is 1. The molecule has 2 aromatic carbocycles. The summed E-state index contributed by atoms with van der Waals surface area (Å²) in [6.07, 6.45) is 1.75. The SMILES string of the molecule is Cc1cccc(Cc2c(C)nc(SCCCC(=O)NC(C)c3ccccc3)n(C)c2=O)c1. The van der Waals surface area contributed by atoms with Crippen LogP contribution in [-0.2, 0) is 18.3 Å². The highest BCUT2D eigenvalue weighted by atomic mass is 32.2. The van der Waals surface area contributed by atoms with Crippen molar-refractivity contribution < 1.29 is 4.79 Å². The topological polar surface area (TPSA) is 64.0 Å². The van der Waals surface area contributed by atoms with Crippen molar-refractivity contribution in [2.24, 2.45) is 7.05 Å². The molecule has 6 heteroatoms. The van der Waals surface area contributed by atoms with Crippen molar-refractivity contribution in [1.29, 1.82) is 0 Å². The predicted molar refractivity (Wildman–Crippen MR) is 131 cm³/mol. The predicted octanol–water partition coefficient (Wildman–Crippen LogP) is 4.74. The molecule has 168 valence electrons. The monoisotopic (exact) mass is 449 g/mol. The Morgan fingerprint density at radius 2 is 1.88 bits per heavy atom. The average Bonchev–Trinajstić information content (AvgIpc) is 2.78. The minimum absolute atomic E-state index is 0.00376.